The van der Waals surface area contributed by atoms with Gasteiger partial charge in [-0.3, -0.25) is 4.79 Å². The van der Waals surface area contributed by atoms with E-state index >= 15 is 0 Å². The Morgan fingerprint density at radius 1 is 1.50 bits per heavy atom. The first-order chi connectivity index (χ1) is 9.31. The van der Waals surface area contributed by atoms with Crippen molar-refractivity contribution in [2.75, 3.05) is 7.11 Å². The molecular formula is C11H15NO6S2. The minimum absolute atomic E-state index is 0.134. The predicted molar refractivity (Wildman–Crippen MR) is 72.3 cm³/mol. The topological polar surface area (TPSA) is 110 Å². The van der Waals surface area contributed by atoms with Crippen LogP contribution in [-0.2, 0) is 19.6 Å². The van der Waals surface area contributed by atoms with E-state index in [1.165, 1.54) is 12.5 Å². The van der Waals surface area contributed by atoms with Gasteiger partial charge in [0.2, 0.25) is 10.0 Å². The van der Waals surface area contributed by atoms with Crippen LogP contribution in [0.15, 0.2) is 16.3 Å². The second kappa shape index (κ2) is 6.82. The number of esters is 1. The molecule has 1 unspecified atom stereocenters. The minimum atomic E-state index is -3.98. The maximum Gasteiger partial charge on any atom is 0.348 e. The first-order valence-electron chi connectivity index (χ1n) is 5.73. The number of methoxy groups -OCH3 is 1. The summed E-state index contributed by atoms with van der Waals surface area (Å²) in [5, 5.41) is 10.2. The number of hydrogen-bond acceptors (Lipinski definition) is 6. The molecule has 1 heterocycles. The van der Waals surface area contributed by atoms with Gasteiger partial charge < -0.3 is 9.84 Å². The molecule has 112 valence electrons. The van der Waals surface area contributed by atoms with Gasteiger partial charge in [-0.2, -0.15) is 4.72 Å². The van der Waals surface area contributed by atoms with Gasteiger partial charge in [0.1, 0.15) is 10.9 Å². The summed E-state index contributed by atoms with van der Waals surface area (Å²) in [5.41, 5.74) is 0. The van der Waals surface area contributed by atoms with E-state index in [1.807, 2.05) is 0 Å². The second-order valence-corrected chi connectivity index (χ2v) is 6.56. The van der Waals surface area contributed by atoms with E-state index in [-0.39, 0.29) is 16.2 Å². The summed E-state index contributed by atoms with van der Waals surface area (Å²) in [6.45, 7) is 1.75. The van der Waals surface area contributed by atoms with Crippen molar-refractivity contribution in [2.24, 2.45) is 0 Å². The predicted octanol–water partition coefficient (Wildman–Crippen LogP) is 1.07. The van der Waals surface area contributed by atoms with Gasteiger partial charge in [-0.05, 0) is 12.5 Å². The normalized spacial score (nSPS) is 12.9. The van der Waals surface area contributed by atoms with Crippen molar-refractivity contribution in [2.45, 2.75) is 30.7 Å². The minimum Gasteiger partial charge on any atom is -0.480 e. The maximum atomic E-state index is 12.0. The highest BCUT2D eigenvalue weighted by molar-refractivity contribution is 7.89. The molecule has 0 bridgehead atoms. The quantitative estimate of drug-likeness (QED) is 0.727. The molecule has 9 heteroatoms. The number of aliphatic carboxylic acids is 1. The average Bonchev–Trinajstić information content (AvgIpc) is 2.87. The third-order valence-electron chi connectivity index (χ3n) is 2.45. The SMILES string of the molecule is CCCC(NS(=O)(=O)c1csc(C(=O)OC)c1)C(=O)O. The van der Waals surface area contributed by atoms with E-state index in [2.05, 4.69) is 9.46 Å². The number of carbonyl (C=O) groups excluding carboxylic acids is 1. The molecule has 0 aromatic carbocycles. The number of carbonyl (C=O) groups is 2. The van der Waals surface area contributed by atoms with Crippen LogP contribution < -0.4 is 4.72 Å². The van der Waals surface area contributed by atoms with Crippen molar-refractivity contribution < 1.29 is 27.9 Å². The second-order valence-electron chi connectivity index (χ2n) is 3.94. The lowest BCUT2D eigenvalue weighted by atomic mass is 10.2. The summed E-state index contributed by atoms with van der Waals surface area (Å²) in [4.78, 5) is 22.2. The fraction of sp³-hybridized carbons (Fsp3) is 0.455. The van der Waals surface area contributed by atoms with Crippen LogP contribution in [0.5, 0.6) is 0 Å². The lowest BCUT2D eigenvalue weighted by Gasteiger charge is -2.12. The number of carboxylic acid groups (broad SMARTS) is 1. The third-order valence-corrected chi connectivity index (χ3v) is 4.96. The Hall–Kier alpha value is -1.45. The molecule has 0 aliphatic rings. The first kappa shape index (κ1) is 16.6. The molecule has 2 N–H and O–H groups in total. The number of carboxylic acids is 1. The van der Waals surface area contributed by atoms with Crippen LogP contribution in [-0.4, -0.2) is 38.6 Å². The van der Waals surface area contributed by atoms with Gasteiger partial charge in [-0.1, -0.05) is 13.3 Å². The van der Waals surface area contributed by atoms with Crippen LogP contribution in [0.25, 0.3) is 0 Å². The van der Waals surface area contributed by atoms with Gasteiger partial charge in [0, 0.05) is 5.38 Å². The van der Waals surface area contributed by atoms with Gasteiger partial charge in [-0.25, -0.2) is 13.2 Å². The number of rotatable bonds is 7. The van der Waals surface area contributed by atoms with E-state index in [9.17, 15) is 18.0 Å². The number of hydrogen-bond donors (Lipinski definition) is 2. The number of sulfonamides is 1. The molecular weight excluding hydrogens is 306 g/mol. The number of ether oxygens (including phenoxy) is 1. The van der Waals surface area contributed by atoms with Crippen LogP contribution in [0.4, 0.5) is 0 Å². The Labute approximate surface area is 120 Å². The van der Waals surface area contributed by atoms with Crippen molar-refractivity contribution in [3.63, 3.8) is 0 Å². The van der Waals surface area contributed by atoms with E-state index in [0.717, 1.165) is 17.4 Å². The van der Waals surface area contributed by atoms with Crippen molar-refractivity contribution in [3.05, 3.63) is 16.3 Å². The zero-order valence-corrected chi connectivity index (χ0v) is 12.6. The molecule has 1 aromatic heterocycles. The zero-order valence-electron chi connectivity index (χ0n) is 11.0. The van der Waals surface area contributed by atoms with Crippen LogP contribution in [0.1, 0.15) is 29.4 Å². The molecule has 0 aliphatic carbocycles. The molecule has 0 saturated carbocycles. The summed E-state index contributed by atoms with van der Waals surface area (Å²) in [7, 11) is -2.79. The van der Waals surface area contributed by atoms with Crippen LogP contribution >= 0.6 is 11.3 Å². The van der Waals surface area contributed by atoms with Crippen molar-refractivity contribution >= 4 is 33.3 Å². The zero-order chi connectivity index (χ0) is 15.3. The Kier molecular flexibility index (Phi) is 5.66. The fourth-order valence-corrected chi connectivity index (χ4v) is 3.86. The Bertz CT molecular complexity index is 592. The standard InChI is InChI=1S/C11H15NO6S2/c1-3-4-8(10(13)14)12-20(16,17)7-5-9(19-6-7)11(15)18-2/h5-6,8,12H,3-4H2,1-2H3,(H,13,14). The highest BCUT2D eigenvalue weighted by Gasteiger charge is 2.26. The summed E-state index contributed by atoms with van der Waals surface area (Å²) in [5.74, 6) is -1.88. The van der Waals surface area contributed by atoms with E-state index in [4.69, 9.17) is 5.11 Å². The molecule has 0 saturated heterocycles. The van der Waals surface area contributed by atoms with Gasteiger partial charge in [0.25, 0.3) is 0 Å². The molecule has 1 aromatic rings. The molecule has 20 heavy (non-hydrogen) atoms. The summed E-state index contributed by atoms with van der Waals surface area (Å²) < 4.78 is 30.6. The molecule has 1 rings (SSSR count). The fourth-order valence-electron chi connectivity index (χ4n) is 1.44. The van der Waals surface area contributed by atoms with E-state index < -0.39 is 28.0 Å². The molecule has 0 aliphatic heterocycles. The highest BCUT2D eigenvalue weighted by atomic mass is 32.2. The van der Waals surface area contributed by atoms with Gasteiger partial charge in [-0.15, -0.1) is 11.3 Å². The monoisotopic (exact) mass is 321 g/mol. The Balaban J connectivity index is 2.95. The summed E-state index contributed by atoms with van der Waals surface area (Å²) in [6.07, 6.45) is 0.707. The number of thiophene rings is 1. The molecule has 0 radical (unpaired) electrons. The first-order valence-corrected chi connectivity index (χ1v) is 8.10. The smallest absolute Gasteiger partial charge is 0.348 e. The molecule has 0 fully saturated rings. The molecule has 7 nitrogen and oxygen atoms in total. The Morgan fingerprint density at radius 3 is 2.65 bits per heavy atom. The van der Waals surface area contributed by atoms with Crippen molar-refractivity contribution in [1.29, 1.82) is 0 Å². The number of nitrogens with one attached hydrogen (secondary N) is 1. The largest absolute Gasteiger partial charge is 0.480 e. The van der Waals surface area contributed by atoms with Gasteiger partial charge in [0.05, 0.1) is 12.0 Å². The van der Waals surface area contributed by atoms with Gasteiger partial charge in [0.15, 0.2) is 0 Å². The van der Waals surface area contributed by atoms with Crippen molar-refractivity contribution in [3.8, 4) is 0 Å². The summed E-state index contributed by atoms with van der Waals surface area (Å²) in [6, 6.07) is -0.0320. The van der Waals surface area contributed by atoms with Crippen LogP contribution in [0.3, 0.4) is 0 Å². The average molecular weight is 321 g/mol. The van der Waals surface area contributed by atoms with E-state index in [1.54, 1.807) is 6.92 Å². The van der Waals surface area contributed by atoms with Gasteiger partial charge >= 0.3 is 11.9 Å². The van der Waals surface area contributed by atoms with Crippen LogP contribution in [0.2, 0.25) is 0 Å². The third kappa shape index (κ3) is 4.02. The Morgan fingerprint density at radius 2 is 2.15 bits per heavy atom. The van der Waals surface area contributed by atoms with Crippen LogP contribution in [0, 0.1) is 0 Å². The van der Waals surface area contributed by atoms with Crippen molar-refractivity contribution in [1.82, 2.24) is 4.72 Å². The lowest BCUT2D eigenvalue weighted by Crippen LogP contribution is -2.40. The highest BCUT2D eigenvalue weighted by Crippen LogP contribution is 2.20. The summed E-state index contributed by atoms with van der Waals surface area (Å²) >= 11 is 0.917. The maximum absolute atomic E-state index is 12.0. The molecule has 1 atom stereocenters. The lowest BCUT2D eigenvalue weighted by molar-refractivity contribution is -0.139. The molecule has 0 amide bonds. The molecule has 0 spiro atoms. The van der Waals surface area contributed by atoms with E-state index in [0.29, 0.717) is 6.42 Å².